The monoisotopic (exact) mass is 287 g/mol. The molecule has 118 valence electrons. The van der Waals surface area contributed by atoms with E-state index in [1.54, 1.807) is 0 Å². The molecule has 1 aliphatic carbocycles. The van der Waals surface area contributed by atoms with E-state index in [1.165, 1.54) is 43.2 Å². The Morgan fingerprint density at radius 3 is 2.24 bits per heavy atom. The first-order chi connectivity index (χ1) is 9.94. The molecule has 2 N–H and O–H groups in total. The molecule has 21 heavy (non-hydrogen) atoms. The van der Waals surface area contributed by atoms with E-state index in [1.807, 2.05) is 0 Å². The third-order valence-corrected chi connectivity index (χ3v) is 5.45. The Labute approximate surface area is 131 Å². The SMILES string of the molecule is CCC1CCC(CN)C(Cc2ccc(C(C)(C)C)cc2)C1. The minimum Gasteiger partial charge on any atom is -0.330 e. The quantitative estimate of drug-likeness (QED) is 0.835. The molecule has 0 aromatic heterocycles. The van der Waals surface area contributed by atoms with Crippen molar-refractivity contribution in [1.29, 1.82) is 0 Å². The molecule has 3 atom stereocenters. The van der Waals surface area contributed by atoms with Crippen LogP contribution in [-0.4, -0.2) is 6.54 Å². The molecule has 0 aliphatic heterocycles. The summed E-state index contributed by atoms with van der Waals surface area (Å²) in [6, 6.07) is 9.30. The van der Waals surface area contributed by atoms with E-state index < -0.39 is 0 Å². The minimum atomic E-state index is 0.246. The summed E-state index contributed by atoms with van der Waals surface area (Å²) in [6.07, 6.45) is 6.64. The van der Waals surface area contributed by atoms with Gasteiger partial charge in [-0.25, -0.2) is 0 Å². The normalized spacial score (nSPS) is 26.8. The molecule has 0 spiro atoms. The lowest BCUT2D eigenvalue weighted by Crippen LogP contribution is -2.31. The maximum Gasteiger partial charge on any atom is -0.00461 e. The van der Waals surface area contributed by atoms with Crippen molar-refractivity contribution in [2.24, 2.45) is 23.5 Å². The number of rotatable bonds is 4. The number of hydrogen-bond donors (Lipinski definition) is 1. The van der Waals surface area contributed by atoms with Crippen molar-refractivity contribution in [2.75, 3.05) is 6.54 Å². The lowest BCUT2D eigenvalue weighted by Gasteiger charge is -2.35. The van der Waals surface area contributed by atoms with Gasteiger partial charge in [-0.1, -0.05) is 64.8 Å². The first-order valence-electron chi connectivity index (χ1n) is 8.73. The van der Waals surface area contributed by atoms with Gasteiger partial charge in [-0.15, -0.1) is 0 Å². The summed E-state index contributed by atoms with van der Waals surface area (Å²) in [5.41, 5.74) is 9.18. The molecular weight excluding hydrogens is 254 g/mol. The Balaban J connectivity index is 2.05. The van der Waals surface area contributed by atoms with Crippen LogP contribution in [0.4, 0.5) is 0 Å². The smallest absolute Gasteiger partial charge is 0.00461 e. The molecule has 1 aromatic rings. The molecule has 1 aliphatic rings. The Morgan fingerprint density at radius 1 is 1.05 bits per heavy atom. The predicted octanol–water partition coefficient (Wildman–Crippen LogP) is 4.93. The van der Waals surface area contributed by atoms with E-state index in [0.29, 0.717) is 0 Å². The van der Waals surface area contributed by atoms with E-state index in [-0.39, 0.29) is 5.41 Å². The van der Waals surface area contributed by atoms with Gasteiger partial charge in [0.15, 0.2) is 0 Å². The third kappa shape index (κ3) is 4.32. The van der Waals surface area contributed by atoms with Crippen molar-refractivity contribution >= 4 is 0 Å². The highest BCUT2D eigenvalue weighted by Crippen LogP contribution is 2.37. The Morgan fingerprint density at radius 2 is 1.71 bits per heavy atom. The maximum absolute atomic E-state index is 6.02. The highest BCUT2D eigenvalue weighted by Gasteiger charge is 2.28. The molecule has 1 heteroatoms. The van der Waals surface area contributed by atoms with Crippen LogP contribution in [0.3, 0.4) is 0 Å². The van der Waals surface area contributed by atoms with Gasteiger partial charge >= 0.3 is 0 Å². The average Bonchev–Trinajstić information content (AvgIpc) is 2.46. The highest BCUT2D eigenvalue weighted by atomic mass is 14.6. The van der Waals surface area contributed by atoms with Crippen LogP contribution >= 0.6 is 0 Å². The zero-order valence-corrected chi connectivity index (χ0v) is 14.4. The topological polar surface area (TPSA) is 26.0 Å². The Bertz CT molecular complexity index is 426. The molecule has 1 nitrogen and oxygen atoms in total. The molecule has 0 saturated heterocycles. The van der Waals surface area contributed by atoms with Crippen LogP contribution < -0.4 is 5.73 Å². The average molecular weight is 287 g/mol. The van der Waals surface area contributed by atoms with Gasteiger partial charge in [0, 0.05) is 0 Å². The Kier molecular flexibility index (Phi) is 5.48. The molecule has 0 heterocycles. The summed E-state index contributed by atoms with van der Waals surface area (Å²) >= 11 is 0. The molecule has 0 bridgehead atoms. The van der Waals surface area contributed by atoms with Crippen molar-refractivity contribution in [3.63, 3.8) is 0 Å². The van der Waals surface area contributed by atoms with Gasteiger partial charge in [-0.3, -0.25) is 0 Å². The summed E-state index contributed by atoms with van der Waals surface area (Å²) < 4.78 is 0. The summed E-state index contributed by atoms with van der Waals surface area (Å²) in [5.74, 6) is 2.44. The zero-order chi connectivity index (χ0) is 15.5. The third-order valence-electron chi connectivity index (χ3n) is 5.45. The molecule has 1 fully saturated rings. The van der Waals surface area contributed by atoms with Crippen LogP contribution in [0.5, 0.6) is 0 Å². The van der Waals surface area contributed by atoms with Crippen LogP contribution in [-0.2, 0) is 11.8 Å². The predicted molar refractivity (Wildman–Crippen MR) is 92.5 cm³/mol. The van der Waals surface area contributed by atoms with Crippen molar-refractivity contribution in [1.82, 2.24) is 0 Å². The Hall–Kier alpha value is -0.820. The van der Waals surface area contributed by atoms with Crippen LogP contribution in [0.25, 0.3) is 0 Å². The molecule has 0 radical (unpaired) electrons. The first-order valence-corrected chi connectivity index (χ1v) is 8.73. The van der Waals surface area contributed by atoms with Gasteiger partial charge in [-0.2, -0.15) is 0 Å². The zero-order valence-electron chi connectivity index (χ0n) is 14.4. The molecule has 2 rings (SSSR count). The summed E-state index contributed by atoms with van der Waals surface area (Å²) in [5, 5.41) is 0. The number of benzene rings is 1. The van der Waals surface area contributed by atoms with E-state index in [2.05, 4.69) is 52.0 Å². The largest absolute Gasteiger partial charge is 0.330 e. The molecule has 3 unspecified atom stereocenters. The first kappa shape index (κ1) is 16.5. The second-order valence-electron chi connectivity index (χ2n) is 7.99. The summed E-state index contributed by atoms with van der Waals surface area (Å²) in [4.78, 5) is 0. The van der Waals surface area contributed by atoms with Gasteiger partial charge in [-0.05, 0) is 60.1 Å². The van der Waals surface area contributed by atoms with Gasteiger partial charge < -0.3 is 5.73 Å². The maximum atomic E-state index is 6.02. The highest BCUT2D eigenvalue weighted by molar-refractivity contribution is 5.27. The molecule has 1 saturated carbocycles. The number of nitrogens with two attached hydrogens (primary N) is 1. The van der Waals surface area contributed by atoms with Crippen molar-refractivity contribution in [3.05, 3.63) is 35.4 Å². The van der Waals surface area contributed by atoms with Gasteiger partial charge in [0.1, 0.15) is 0 Å². The second-order valence-corrected chi connectivity index (χ2v) is 7.99. The standard InChI is InChI=1S/C20H33N/c1-5-15-6-9-17(14-21)18(12-15)13-16-7-10-19(11-8-16)20(2,3)4/h7-8,10-11,15,17-18H,5-6,9,12-14,21H2,1-4H3. The molecule has 0 amide bonds. The van der Waals surface area contributed by atoms with Crippen molar-refractivity contribution in [2.45, 2.75) is 65.2 Å². The number of hydrogen-bond acceptors (Lipinski definition) is 1. The van der Waals surface area contributed by atoms with Gasteiger partial charge in [0.2, 0.25) is 0 Å². The van der Waals surface area contributed by atoms with Crippen LogP contribution in [0.2, 0.25) is 0 Å². The van der Waals surface area contributed by atoms with Crippen molar-refractivity contribution < 1.29 is 0 Å². The summed E-state index contributed by atoms with van der Waals surface area (Å²) in [7, 11) is 0. The van der Waals surface area contributed by atoms with E-state index in [9.17, 15) is 0 Å². The molecule has 1 aromatic carbocycles. The fraction of sp³-hybridized carbons (Fsp3) is 0.700. The second kappa shape index (κ2) is 6.96. The minimum absolute atomic E-state index is 0.246. The van der Waals surface area contributed by atoms with E-state index in [4.69, 9.17) is 5.73 Å². The lowest BCUT2D eigenvalue weighted by molar-refractivity contribution is 0.180. The van der Waals surface area contributed by atoms with E-state index >= 15 is 0 Å². The van der Waals surface area contributed by atoms with Crippen LogP contribution in [0.1, 0.15) is 64.5 Å². The fourth-order valence-electron chi connectivity index (χ4n) is 3.80. The van der Waals surface area contributed by atoms with Crippen molar-refractivity contribution in [3.8, 4) is 0 Å². The lowest BCUT2D eigenvalue weighted by atomic mass is 9.71. The van der Waals surface area contributed by atoms with Gasteiger partial charge in [0.05, 0.1) is 0 Å². The van der Waals surface area contributed by atoms with Crippen LogP contribution in [0.15, 0.2) is 24.3 Å². The molecular formula is C20H33N. The van der Waals surface area contributed by atoms with E-state index in [0.717, 1.165) is 24.3 Å². The summed E-state index contributed by atoms with van der Waals surface area (Å²) in [6.45, 7) is 10.0. The van der Waals surface area contributed by atoms with Crippen LogP contribution in [0, 0.1) is 17.8 Å². The van der Waals surface area contributed by atoms with Gasteiger partial charge in [0.25, 0.3) is 0 Å². The fourth-order valence-corrected chi connectivity index (χ4v) is 3.80.